The molecule has 1 aromatic rings. The largest absolute Gasteiger partial charge is 0.490 e. The van der Waals surface area contributed by atoms with Crippen molar-refractivity contribution in [1.82, 2.24) is 4.31 Å². The number of benzene rings is 1. The van der Waals surface area contributed by atoms with Crippen LogP contribution in [0.5, 0.6) is 5.75 Å². The van der Waals surface area contributed by atoms with Gasteiger partial charge in [-0.05, 0) is 31.2 Å². The SMILES string of the molecule is CSN1CCC(Oc2ccccc2)CC1. The van der Waals surface area contributed by atoms with E-state index in [1.807, 2.05) is 42.3 Å². The van der Waals surface area contributed by atoms with E-state index in [9.17, 15) is 0 Å². The van der Waals surface area contributed by atoms with Crippen LogP contribution >= 0.6 is 11.9 Å². The lowest BCUT2D eigenvalue weighted by atomic mass is 10.1. The highest BCUT2D eigenvalue weighted by Crippen LogP contribution is 2.21. The van der Waals surface area contributed by atoms with Gasteiger partial charge in [0.25, 0.3) is 0 Å². The monoisotopic (exact) mass is 223 g/mol. The van der Waals surface area contributed by atoms with Crippen molar-refractivity contribution in [2.24, 2.45) is 0 Å². The van der Waals surface area contributed by atoms with Crippen molar-refractivity contribution in [2.45, 2.75) is 18.9 Å². The van der Waals surface area contributed by atoms with E-state index >= 15 is 0 Å². The van der Waals surface area contributed by atoms with Crippen molar-refractivity contribution in [3.8, 4) is 5.75 Å². The number of piperidine rings is 1. The zero-order chi connectivity index (χ0) is 10.5. The summed E-state index contributed by atoms with van der Waals surface area (Å²) in [6.45, 7) is 2.28. The molecule has 3 heteroatoms. The van der Waals surface area contributed by atoms with Gasteiger partial charge in [-0.3, -0.25) is 4.31 Å². The Morgan fingerprint density at radius 3 is 2.47 bits per heavy atom. The molecule has 1 heterocycles. The van der Waals surface area contributed by atoms with E-state index in [-0.39, 0.29) is 0 Å². The fraction of sp³-hybridized carbons (Fsp3) is 0.500. The minimum atomic E-state index is 0.399. The predicted octanol–water partition coefficient (Wildman–Crippen LogP) is 2.81. The summed E-state index contributed by atoms with van der Waals surface area (Å²) in [6, 6.07) is 10.1. The Hall–Kier alpha value is -0.670. The van der Waals surface area contributed by atoms with E-state index in [1.54, 1.807) is 0 Å². The summed E-state index contributed by atoms with van der Waals surface area (Å²) in [5.41, 5.74) is 0. The predicted molar refractivity (Wildman–Crippen MR) is 65.2 cm³/mol. The summed E-state index contributed by atoms with van der Waals surface area (Å²) < 4.78 is 8.31. The average molecular weight is 223 g/mol. The second kappa shape index (κ2) is 5.42. The lowest BCUT2D eigenvalue weighted by Gasteiger charge is -2.30. The van der Waals surface area contributed by atoms with Gasteiger partial charge in [-0.1, -0.05) is 30.1 Å². The van der Waals surface area contributed by atoms with E-state index < -0.39 is 0 Å². The highest BCUT2D eigenvalue weighted by Gasteiger charge is 2.19. The van der Waals surface area contributed by atoms with Gasteiger partial charge in [0.1, 0.15) is 11.9 Å². The third-order valence-electron chi connectivity index (χ3n) is 2.71. The van der Waals surface area contributed by atoms with Crippen molar-refractivity contribution in [3.63, 3.8) is 0 Å². The van der Waals surface area contributed by atoms with Crippen molar-refractivity contribution in [3.05, 3.63) is 30.3 Å². The van der Waals surface area contributed by atoms with Crippen LogP contribution in [-0.2, 0) is 0 Å². The van der Waals surface area contributed by atoms with Crippen LogP contribution in [0, 0.1) is 0 Å². The molecule has 1 aliphatic rings. The first kappa shape index (κ1) is 10.8. The number of rotatable bonds is 3. The molecule has 0 atom stereocenters. The average Bonchev–Trinajstić information content (AvgIpc) is 2.31. The summed E-state index contributed by atoms with van der Waals surface area (Å²) in [7, 11) is 0. The molecule has 0 bridgehead atoms. The maximum absolute atomic E-state index is 5.91. The minimum Gasteiger partial charge on any atom is -0.490 e. The fourth-order valence-corrected chi connectivity index (χ4v) is 2.40. The van der Waals surface area contributed by atoms with E-state index in [4.69, 9.17) is 4.74 Å². The van der Waals surface area contributed by atoms with Crippen LogP contribution in [0.2, 0.25) is 0 Å². The Labute approximate surface area is 95.7 Å². The second-order valence-corrected chi connectivity index (χ2v) is 4.62. The molecule has 0 aromatic heterocycles. The molecule has 0 saturated carbocycles. The standard InChI is InChI=1S/C12H17NOS/c1-15-13-9-7-12(8-10-13)14-11-5-3-2-4-6-11/h2-6,12H,7-10H2,1H3. The van der Waals surface area contributed by atoms with Crippen molar-refractivity contribution in [2.75, 3.05) is 19.3 Å². The van der Waals surface area contributed by atoms with E-state index in [0.29, 0.717) is 6.10 Å². The second-order valence-electron chi connectivity index (χ2n) is 3.74. The van der Waals surface area contributed by atoms with Crippen LogP contribution in [0.4, 0.5) is 0 Å². The van der Waals surface area contributed by atoms with Gasteiger partial charge in [-0.25, -0.2) is 0 Å². The lowest BCUT2D eigenvalue weighted by molar-refractivity contribution is 0.139. The Morgan fingerprint density at radius 2 is 1.87 bits per heavy atom. The van der Waals surface area contributed by atoms with Gasteiger partial charge >= 0.3 is 0 Å². The molecular weight excluding hydrogens is 206 g/mol. The molecule has 2 rings (SSSR count). The van der Waals surface area contributed by atoms with Gasteiger partial charge in [-0.2, -0.15) is 0 Å². The molecule has 0 amide bonds. The number of hydrogen-bond donors (Lipinski definition) is 0. The van der Waals surface area contributed by atoms with Crippen LogP contribution < -0.4 is 4.74 Å². The Balaban J connectivity index is 1.82. The summed E-state index contributed by atoms with van der Waals surface area (Å²) in [4.78, 5) is 0. The first-order chi connectivity index (χ1) is 7.38. The first-order valence-electron chi connectivity index (χ1n) is 5.39. The van der Waals surface area contributed by atoms with Gasteiger partial charge in [0.05, 0.1) is 0 Å². The maximum atomic E-state index is 5.91. The van der Waals surface area contributed by atoms with Gasteiger partial charge in [0.2, 0.25) is 0 Å². The van der Waals surface area contributed by atoms with Gasteiger partial charge in [0, 0.05) is 13.1 Å². The molecule has 1 saturated heterocycles. The first-order valence-corrected chi connectivity index (χ1v) is 6.57. The smallest absolute Gasteiger partial charge is 0.119 e. The highest BCUT2D eigenvalue weighted by molar-refractivity contribution is 7.96. The van der Waals surface area contributed by atoms with Gasteiger partial charge in [-0.15, -0.1) is 0 Å². The summed E-state index contributed by atoms with van der Waals surface area (Å²) in [5, 5.41) is 0. The Morgan fingerprint density at radius 1 is 1.20 bits per heavy atom. The maximum Gasteiger partial charge on any atom is 0.119 e. The summed E-state index contributed by atoms with van der Waals surface area (Å²) >= 11 is 1.83. The molecule has 1 aliphatic heterocycles. The molecule has 0 aliphatic carbocycles. The molecular formula is C12H17NOS. The molecule has 0 N–H and O–H groups in total. The number of hydrogen-bond acceptors (Lipinski definition) is 3. The normalized spacial score (nSPS) is 19.0. The van der Waals surface area contributed by atoms with Crippen LogP contribution in [0.25, 0.3) is 0 Å². The number of ether oxygens (including phenoxy) is 1. The number of para-hydroxylation sites is 1. The molecule has 15 heavy (non-hydrogen) atoms. The third-order valence-corrected chi connectivity index (χ3v) is 3.59. The van der Waals surface area contributed by atoms with Crippen molar-refractivity contribution in [1.29, 1.82) is 0 Å². The molecule has 0 spiro atoms. The van der Waals surface area contributed by atoms with Crippen LogP contribution in [-0.4, -0.2) is 29.8 Å². The van der Waals surface area contributed by atoms with Crippen LogP contribution in [0.1, 0.15) is 12.8 Å². The zero-order valence-electron chi connectivity index (χ0n) is 9.06. The minimum absolute atomic E-state index is 0.399. The van der Waals surface area contributed by atoms with Crippen LogP contribution in [0.3, 0.4) is 0 Å². The molecule has 2 nitrogen and oxygen atoms in total. The van der Waals surface area contributed by atoms with E-state index in [2.05, 4.69) is 10.6 Å². The van der Waals surface area contributed by atoms with E-state index in [1.165, 1.54) is 0 Å². The molecule has 1 aromatic carbocycles. The molecule has 1 fully saturated rings. The highest BCUT2D eigenvalue weighted by atomic mass is 32.2. The fourth-order valence-electron chi connectivity index (χ4n) is 1.82. The topological polar surface area (TPSA) is 12.5 Å². The molecule has 0 unspecified atom stereocenters. The lowest BCUT2D eigenvalue weighted by Crippen LogP contribution is -2.34. The van der Waals surface area contributed by atoms with Crippen LogP contribution in [0.15, 0.2) is 30.3 Å². The summed E-state index contributed by atoms with van der Waals surface area (Å²) in [5.74, 6) is 1.00. The summed E-state index contributed by atoms with van der Waals surface area (Å²) in [6.07, 6.45) is 4.81. The quantitative estimate of drug-likeness (QED) is 0.731. The molecule has 82 valence electrons. The van der Waals surface area contributed by atoms with Crippen molar-refractivity contribution < 1.29 is 4.74 Å². The third kappa shape index (κ3) is 3.14. The zero-order valence-corrected chi connectivity index (χ0v) is 9.87. The van der Waals surface area contributed by atoms with Gasteiger partial charge < -0.3 is 4.74 Å². The van der Waals surface area contributed by atoms with Gasteiger partial charge in [0.15, 0.2) is 0 Å². The number of nitrogens with zero attached hydrogens (tertiary/aromatic N) is 1. The van der Waals surface area contributed by atoms with Crippen molar-refractivity contribution >= 4 is 11.9 Å². The van der Waals surface area contributed by atoms with E-state index in [0.717, 1.165) is 31.7 Å². The molecule has 0 radical (unpaired) electrons. The Bertz CT molecular complexity index is 283. The Kier molecular flexibility index (Phi) is 3.92.